The van der Waals surface area contributed by atoms with E-state index in [0.29, 0.717) is 6.10 Å². The first kappa shape index (κ1) is 14.1. The zero-order valence-electron chi connectivity index (χ0n) is 12.3. The van der Waals surface area contributed by atoms with Gasteiger partial charge in [0.15, 0.2) is 0 Å². The summed E-state index contributed by atoms with van der Waals surface area (Å²) in [6.45, 7) is 4.02. The summed E-state index contributed by atoms with van der Waals surface area (Å²) in [4.78, 5) is 2.51. The minimum Gasteiger partial charge on any atom is -0.370 e. The van der Waals surface area contributed by atoms with Gasteiger partial charge in [-0.25, -0.2) is 0 Å². The van der Waals surface area contributed by atoms with Gasteiger partial charge in [0.25, 0.3) is 0 Å². The first-order valence-corrected chi connectivity index (χ1v) is 7.94. The third kappa shape index (κ3) is 3.22. The summed E-state index contributed by atoms with van der Waals surface area (Å²) in [5, 5.41) is 0. The van der Waals surface area contributed by atoms with Crippen molar-refractivity contribution < 1.29 is 4.74 Å². The van der Waals surface area contributed by atoms with Crippen LogP contribution in [0.25, 0.3) is 0 Å². The van der Waals surface area contributed by atoms with E-state index in [1.54, 1.807) is 0 Å². The molecule has 0 bridgehead atoms. The Morgan fingerprint density at radius 1 is 1.25 bits per heavy atom. The Labute approximate surface area is 122 Å². The molecule has 3 nitrogen and oxygen atoms in total. The zero-order valence-corrected chi connectivity index (χ0v) is 12.3. The van der Waals surface area contributed by atoms with Crippen LogP contribution in [-0.2, 0) is 11.3 Å². The molecule has 1 unspecified atom stereocenters. The van der Waals surface area contributed by atoms with Crippen LogP contribution in [0, 0.1) is 0 Å². The van der Waals surface area contributed by atoms with Crippen molar-refractivity contribution in [1.29, 1.82) is 0 Å². The third-order valence-corrected chi connectivity index (χ3v) is 4.76. The summed E-state index contributed by atoms with van der Waals surface area (Å²) < 4.78 is 6.42. The maximum absolute atomic E-state index is 6.42. The fraction of sp³-hybridized carbons (Fsp3) is 0.647. The highest BCUT2D eigenvalue weighted by atomic mass is 16.5. The lowest BCUT2D eigenvalue weighted by atomic mass is 9.77. The van der Waals surface area contributed by atoms with Crippen LogP contribution in [0.3, 0.4) is 0 Å². The van der Waals surface area contributed by atoms with E-state index < -0.39 is 0 Å². The smallest absolute Gasteiger partial charge is 0.0721 e. The van der Waals surface area contributed by atoms with Crippen molar-refractivity contribution in [3.63, 3.8) is 0 Å². The van der Waals surface area contributed by atoms with Crippen LogP contribution < -0.4 is 5.73 Å². The predicted octanol–water partition coefficient (Wildman–Crippen LogP) is 2.55. The molecule has 0 radical (unpaired) electrons. The van der Waals surface area contributed by atoms with E-state index in [1.807, 2.05) is 0 Å². The van der Waals surface area contributed by atoms with Crippen molar-refractivity contribution in [3.05, 3.63) is 35.9 Å². The Bertz CT molecular complexity index is 416. The van der Waals surface area contributed by atoms with Crippen LogP contribution in [0.2, 0.25) is 0 Å². The van der Waals surface area contributed by atoms with Crippen molar-refractivity contribution in [2.24, 2.45) is 5.73 Å². The molecule has 1 saturated carbocycles. The molecular weight excluding hydrogens is 248 g/mol. The molecule has 110 valence electrons. The van der Waals surface area contributed by atoms with Crippen LogP contribution in [0.15, 0.2) is 30.3 Å². The summed E-state index contributed by atoms with van der Waals surface area (Å²) in [6.07, 6.45) is 6.33. The Kier molecular flexibility index (Phi) is 4.39. The summed E-state index contributed by atoms with van der Waals surface area (Å²) >= 11 is 0. The largest absolute Gasteiger partial charge is 0.370 e. The SMILES string of the molecule is NCCC1(OC2CCN(Cc3ccccc3)C2)CCC1. The zero-order chi connectivity index (χ0) is 13.8. The van der Waals surface area contributed by atoms with Gasteiger partial charge in [0, 0.05) is 19.6 Å². The molecular formula is C17H26N2O. The number of nitrogens with two attached hydrogens (primary N) is 1. The molecule has 1 aliphatic heterocycles. The maximum Gasteiger partial charge on any atom is 0.0721 e. The van der Waals surface area contributed by atoms with Crippen LogP contribution in [0.4, 0.5) is 0 Å². The third-order valence-electron chi connectivity index (χ3n) is 4.76. The van der Waals surface area contributed by atoms with E-state index in [-0.39, 0.29) is 5.60 Å². The minimum atomic E-state index is 0.127. The average molecular weight is 274 g/mol. The molecule has 0 amide bonds. The van der Waals surface area contributed by atoms with E-state index in [2.05, 4.69) is 35.2 Å². The molecule has 1 saturated heterocycles. The normalized spacial score (nSPS) is 25.6. The monoisotopic (exact) mass is 274 g/mol. The summed E-state index contributed by atoms with van der Waals surface area (Å²) in [7, 11) is 0. The highest BCUT2D eigenvalue weighted by molar-refractivity contribution is 5.14. The van der Waals surface area contributed by atoms with Crippen molar-refractivity contribution in [2.75, 3.05) is 19.6 Å². The summed E-state index contributed by atoms with van der Waals surface area (Å²) in [5.74, 6) is 0. The van der Waals surface area contributed by atoms with Gasteiger partial charge in [-0.15, -0.1) is 0 Å². The molecule has 1 atom stereocenters. The van der Waals surface area contributed by atoms with E-state index in [9.17, 15) is 0 Å². The van der Waals surface area contributed by atoms with Crippen molar-refractivity contribution >= 4 is 0 Å². The van der Waals surface area contributed by atoms with Crippen LogP contribution in [-0.4, -0.2) is 36.2 Å². The molecule has 20 heavy (non-hydrogen) atoms. The van der Waals surface area contributed by atoms with Crippen LogP contribution in [0.5, 0.6) is 0 Å². The van der Waals surface area contributed by atoms with Gasteiger partial charge < -0.3 is 10.5 Å². The Hall–Kier alpha value is -0.900. The fourth-order valence-corrected chi connectivity index (χ4v) is 3.49. The first-order chi connectivity index (χ1) is 9.80. The van der Waals surface area contributed by atoms with Gasteiger partial charge in [-0.1, -0.05) is 30.3 Å². The van der Waals surface area contributed by atoms with E-state index in [0.717, 1.165) is 32.6 Å². The molecule has 2 aliphatic rings. The van der Waals surface area contributed by atoms with E-state index in [1.165, 1.54) is 31.2 Å². The lowest BCUT2D eigenvalue weighted by Gasteiger charge is -2.43. The van der Waals surface area contributed by atoms with Crippen LogP contribution in [0.1, 0.15) is 37.7 Å². The highest BCUT2D eigenvalue weighted by Gasteiger charge is 2.40. The van der Waals surface area contributed by atoms with Gasteiger partial charge in [0.05, 0.1) is 11.7 Å². The average Bonchev–Trinajstić information content (AvgIpc) is 2.85. The number of ether oxygens (including phenoxy) is 1. The molecule has 2 N–H and O–H groups in total. The minimum absolute atomic E-state index is 0.127. The quantitative estimate of drug-likeness (QED) is 0.866. The predicted molar refractivity (Wildman–Crippen MR) is 81.5 cm³/mol. The fourth-order valence-electron chi connectivity index (χ4n) is 3.49. The number of likely N-dealkylation sites (tertiary alicyclic amines) is 1. The molecule has 3 heteroatoms. The van der Waals surface area contributed by atoms with Crippen molar-refractivity contribution in [2.45, 2.75) is 50.4 Å². The molecule has 1 aliphatic carbocycles. The maximum atomic E-state index is 6.42. The van der Waals surface area contributed by atoms with Gasteiger partial charge in [-0.3, -0.25) is 4.90 Å². The first-order valence-electron chi connectivity index (χ1n) is 7.94. The molecule has 2 fully saturated rings. The second kappa shape index (κ2) is 6.25. The lowest BCUT2D eigenvalue weighted by Crippen LogP contribution is -2.45. The number of hydrogen-bond acceptors (Lipinski definition) is 3. The number of benzene rings is 1. The summed E-state index contributed by atoms with van der Waals surface area (Å²) in [6, 6.07) is 10.7. The molecule has 0 aromatic heterocycles. The number of nitrogens with zero attached hydrogens (tertiary/aromatic N) is 1. The molecule has 1 heterocycles. The Balaban J connectivity index is 1.49. The number of hydrogen-bond donors (Lipinski definition) is 1. The lowest BCUT2D eigenvalue weighted by molar-refractivity contribution is -0.138. The Morgan fingerprint density at radius 3 is 2.70 bits per heavy atom. The highest BCUT2D eigenvalue weighted by Crippen LogP contribution is 2.40. The van der Waals surface area contributed by atoms with Gasteiger partial charge >= 0.3 is 0 Å². The standard InChI is InChI=1S/C17H26N2O/c18-11-10-17(8-4-9-17)20-16-7-12-19(14-16)13-15-5-2-1-3-6-15/h1-3,5-6,16H,4,7-14,18H2. The van der Waals surface area contributed by atoms with E-state index in [4.69, 9.17) is 10.5 Å². The topological polar surface area (TPSA) is 38.5 Å². The van der Waals surface area contributed by atoms with Crippen molar-refractivity contribution in [3.8, 4) is 0 Å². The van der Waals surface area contributed by atoms with Gasteiger partial charge in [-0.05, 0) is 44.2 Å². The van der Waals surface area contributed by atoms with Gasteiger partial charge in [0.2, 0.25) is 0 Å². The molecule has 1 aromatic carbocycles. The Morgan fingerprint density at radius 2 is 2.05 bits per heavy atom. The number of rotatable bonds is 6. The summed E-state index contributed by atoms with van der Waals surface area (Å²) in [5.41, 5.74) is 7.26. The second-order valence-electron chi connectivity index (χ2n) is 6.32. The van der Waals surface area contributed by atoms with Crippen molar-refractivity contribution in [1.82, 2.24) is 4.90 Å². The van der Waals surface area contributed by atoms with Gasteiger partial charge in [-0.2, -0.15) is 0 Å². The second-order valence-corrected chi connectivity index (χ2v) is 6.32. The molecule has 0 spiro atoms. The van der Waals surface area contributed by atoms with Crippen LogP contribution >= 0.6 is 0 Å². The molecule has 1 aromatic rings. The van der Waals surface area contributed by atoms with E-state index >= 15 is 0 Å². The van der Waals surface area contributed by atoms with Gasteiger partial charge in [0.1, 0.15) is 0 Å². The molecule has 3 rings (SSSR count).